The average molecular weight is 460 g/mol. The summed E-state index contributed by atoms with van der Waals surface area (Å²) in [5.41, 5.74) is 4.15. The minimum absolute atomic E-state index is 0. The Morgan fingerprint density at radius 1 is 0.900 bits per heavy atom. The van der Waals surface area contributed by atoms with Crippen LogP contribution >= 0.6 is 0 Å². The molecule has 3 nitrogen and oxygen atoms in total. The van der Waals surface area contributed by atoms with E-state index in [1.54, 1.807) is 12.7 Å². The van der Waals surface area contributed by atoms with Gasteiger partial charge in [-0.2, -0.15) is 29.8 Å². The maximum absolute atomic E-state index is 4.44. The van der Waals surface area contributed by atoms with Gasteiger partial charge in [0.1, 0.15) is 0 Å². The van der Waals surface area contributed by atoms with E-state index in [2.05, 4.69) is 89.7 Å². The molecule has 4 aromatic carbocycles. The Labute approximate surface area is 203 Å². The first-order valence-corrected chi connectivity index (χ1v) is 9.23. The summed E-state index contributed by atoms with van der Waals surface area (Å²) in [5, 5.41) is 4.92. The van der Waals surface area contributed by atoms with Crippen molar-refractivity contribution in [3.63, 3.8) is 0 Å². The Balaban J connectivity index is 0.00000128. The monoisotopic (exact) mass is 460 g/mol. The van der Waals surface area contributed by atoms with Crippen LogP contribution in [0.2, 0.25) is 0 Å². The number of aryl methyl sites for hydroxylation is 2. The van der Waals surface area contributed by atoms with E-state index < -0.39 is 0 Å². The van der Waals surface area contributed by atoms with Crippen LogP contribution in [0.1, 0.15) is 5.56 Å². The Morgan fingerprint density at radius 3 is 2.53 bits per heavy atom. The summed E-state index contributed by atoms with van der Waals surface area (Å²) >= 11 is 0. The normalized spacial score (nSPS) is 10.5. The first-order valence-electron chi connectivity index (χ1n) is 9.23. The number of fused-ring (bicyclic) bond motifs is 3. The van der Waals surface area contributed by atoms with Crippen LogP contribution in [0.5, 0.6) is 0 Å². The van der Waals surface area contributed by atoms with Crippen LogP contribution in [-0.4, -0.2) is 18.4 Å². The van der Waals surface area contributed by atoms with Crippen molar-refractivity contribution in [3.05, 3.63) is 91.0 Å². The smallest absolute Gasteiger partial charge is 0.255 e. The van der Waals surface area contributed by atoms with Gasteiger partial charge >= 0.3 is 0 Å². The van der Waals surface area contributed by atoms with Crippen LogP contribution in [0.3, 0.4) is 0 Å². The van der Waals surface area contributed by atoms with Crippen molar-refractivity contribution in [2.24, 2.45) is 7.05 Å². The summed E-state index contributed by atoms with van der Waals surface area (Å²) in [6.45, 7) is 2.08. The molecule has 5 rings (SSSR count). The molecule has 0 atom stereocenters. The Bertz CT molecular complexity index is 1350. The molecular weight excluding hydrogens is 442 g/mol. The minimum atomic E-state index is 0. The van der Waals surface area contributed by atoms with Crippen LogP contribution in [0.15, 0.2) is 73.3 Å². The first-order chi connectivity index (χ1) is 13.7. The second-order valence-corrected chi connectivity index (χ2v) is 7.01. The first kappa shape index (κ1) is 22.3. The number of benzene rings is 4. The zero-order valence-corrected chi connectivity index (χ0v) is 19.8. The molecule has 0 bridgehead atoms. The molecule has 0 amide bonds. The van der Waals surface area contributed by atoms with Gasteiger partial charge in [0.2, 0.25) is 12.2 Å². The van der Waals surface area contributed by atoms with Gasteiger partial charge in [0, 0.05) is 41.1 Å². The molecule has 140 valence electrons. The number of aromatic nitrogens is 3. The molecule has 0 N–H and O–H groups in total. The van der Waals surface area contributed by atoms with E-state index in [-0.39, 0.29) is 41.1 Å². The number of rotatable bonds is 2. The summed E-state index contributed by atoms with van der Waals surface area (Å²) in [7, 11) is 1.95. The Hall–Kier alpha value is -2.42. The number of nitrogens with zero attached hydrogens (tertiary/aromatic N) is 3. The van der Waals surface area contributed by atoms with Crippen LogP contribution in [0, 0.1) is 19.1 Å². The molecule has 0 saturated heterocycles. The van der Waals surface area contributed by atoms with Gasteiger partial charge in [0.15, 0.2) is 0 Å². The minimum Gasteiger partial charge on any atom is -0.269 e. The molecule has 5 aromatic rings. The van der Waals surface area contributed by atoms with Crippen LogP contribution in [-0.2, 0) is 39.8 Å². The maximum Gasteiger partial charge on any atom is 0.255 e. The van der Waals surface area contributed by atoms with E-state index in [1.807, 2.05) is 11.6 Å². The van der Waals surface area contributed by atoms with Crippen molar-refractivity contribution in [1.29, 1.82) is 0 Å². The fourth-order valence-electron chi connectivity index (χ4n) is 3.66. The second-order valence-electron chi connectivity index (χ2n) is 7.01. The standard InChI is InChI=1S/C25H18N3.B.Y/c1-17-7-8-20(14-24(17)25-27-15-26-16-28(25)2)19-11-12-23-21(13-19)10-9-18-5-3-4-6-22(18)23;;/h3-10,12-13,15-16H,1-2H3;;/q-1;;. The van der Waals surface area contributed by atoms with E-state index in [0.717, 1.165) is 28.1 Å². The van der Waals surface area contributed by atoms with Crippen molar-refractivity contribution in [2.45, 2.75) is 6.92 Å². The van der Waals surface area contributed by atoms with Gasteiger partial charge < -0.3 is 0 Å². The molecule has 0 spiro atoms. The van der Waals surface area contributed by atoms with Crippen molar-refractivity contribution >= 4 is 30.0 Å². The van der Waals surface area contributed by atoms with Gasteiger partial charge in [-0.3, -0.25) is 4.57 Å². The molecule has 0 aliphatic heterocycles. The van der Waals surface area contributed by atoms with Gasteiger partial charge in [-0.25, -0.2) is 5.56 Å². The average Bonchev–Trinajstić information content (AvgIpc) is 2.74. The SMILES string of the molecule is Cc1ccc(-c2[c-]cc3c(ccc4ccccc43)c2)[c-]c1-c1ncnc[n+]1C.[B].[Y]. The molecule has 30 heavy (non-hydrogen) atoms. The molecule has 0 aliphatic rings. The molecular formula is C25H18BN3Y-. The van der Waals surface area contributed by atoms with Gasteiger partial charge in [0.05, 0.1) is 7.05 Å². The van der Waals surface area contributed by atoms with Crippen molar-refractivity contribution < 1.29 is 37.3 Å². The molecule has 0 fully saturated rings. The molecule has 1 aromatic heterocycles. The summed E-state index contributed by atoms with van der Waals surface area (Å²) in [6, 6.07) is 28.3. The van der Waals surface area contributed by atoms with Crippen molar-refractivity contribution in [3.8, 4) is 22.5 Å². The molecule has 0 saturated carbocycles. The summed E-state index contributed by atoms with van der Waals surface area (Å²) in [4.78, 5) is 8.51. The number of hydrogen-bond donors (Lipinski definition) is 0. The van der Waals surface area contributed by atoms with E-state index in [4.69, 9.17) is 0 Å². The zero-order chi connectivity index (χ0) is 19.1. The maximum atomic E-state index is 4.44. The third kappa shape index (κ3) is 3.95. The second kappa shape index (κ2) is 9.16. The predicted molar refractivity (Wildman–Crippen MR) is 117 cm³/mol. The van der Waals surface area contributed by atoms with Crippen LogP contribution in [0.25, 0.3) is 44.1 Å². The van der Waals surface area contributed by atoms with Crippen molar-refractivity contribution in [2.75, 3.05) is 0 Å². The molecule has 1 heterocycles. The largest absolute Gasteiger partial charge is 0.269 e. The zero-order valence-electron chi connectivity index (χ0n) is 16.9. The van der Waals surface area contributed by atoms with E-state index >= 15 is 0 Å². The predicted octanol–water partition coefficient (Wildman–Crippen LogP) is 4.47. The molecule has 0 aliphatic carbocycles. The van der Waals surface area contributed by atoms with Gasteiger partial charge in [0.25, 0.3) is 6.33 Å². The van der Waals surface area contributed by atoms with Gasteiger partial charge in [-0.15, -0.1) is 28.1 Å². The fourth-order valence-corrected chi connectivity index (χ4v) is 3.66. The molecule has 5 heteroatoms. The third-order valence-electron chi connectivity index (χ3n) is 5.16. The Kier molecular flexibility index (Phi) is 6.80. The number of hydrogen-bond acceptors (Lipinski definition) is 2. The quantitative estimate of drug-likeness (QED) is 0.169. The molecule has 4 radical (unpaired) electrons. The summed E-state index contributed by atoms with van der Waals surface area (Å²) in [5.74, 6) is 0.848. The van der Waals surface area contributed by atoms with Gasteiger partial charge in [-0.1, -0.05) is 64.6 Å². The van der Waals surface area contributed by atoms with E-state index in [1.165, 1.54) is 21.5 Å². The van der Waals surface area contributed by atoms with Crippen molar-refractivity contribution in [1.82, 2.24) is 9.97 Å². The fraction of sp³-hybridized carbons (Fsp3) is 0.0800. The summed E-state index contributed by atoms with van der Waals surface area (Å²) in [6.07, 6.45) is 3.33. The Morgan fingerprint density at radius 2 is 1.70 bits per heavy atom. The molecule has 0 unspecified atom stereocenters. The topological polar surface area (TPSA) is 29.7 Å². The van der Waals surface area contributed by atoms with Crippen LogP contribution < -0.4 is 4.57 Å². The van der Waals surface area contributed by atoms with E-state index in [0.29, 0.717) is 0 Å². The van der Waals surface area contributed by atoms with Crippen LogP contribution in [0.4, 0.5) is 0 Å². The third-order valence-corrected chi connectivity index (χ3v) is 5.16. The van der Waals surface area contributed by atoms with Gasteiger partial charge in [-0.05, 0) is 5.39 Å². The van der Waals surface area contributed by atoms with E-state index in [9.17, 15) is 0 Å². The summed E-state index contributed by atoms with van der Waals surface area (Å²) < 4.78 is 1.92.